The summed E-state index contributed by atoms with van der Waals surface area (Å²) in [5.41, 5.74) is -0.849. The number of ether oxygens (including phenoxy) is 1. The van der Waals surface area contributed by atoms with Crippen LogP contribution in [-0.4, -0.2) is 24.1 Å². The molecule has 1 heterocycles. The van der Waals surface area contributed by atoms with Gasteiger partial charge in [-0.3, -0.25) is 5.32 Å². The molecule has 0 saturated carbocycles. The summed E-state index contributed by atoms with van der Waals surface area (Å²) >= 11 is 1.45. The molecule has 0 bridgehead atoms. The highest BCUT2D eigenvalue weighted by Gasteiger charge is 2.39. The highest BCUT2D eigenvalue weighted by atomic mass is 32.1. The fourth-order valence-electron chi connectivity index (χ4n) is 1.48. The van der Waals surface area contributed by atoms with Crippen LogP contribution in [0, 0.1) is 0 Å². The average molecular weight is 242 g/mol. The Morgan fingerprint density at radius 3 is 2.88 bits per heavy atom. The van der Waals surface area contributed by atoms with Crippen molar-refractivity contribution < 1.29 is 9.53 Å². The van der Waals surface area contributed by atoms with E-state index >= 15 is 0 Å². The van der Waals surface area contributed by atoms with Gasteiger partial charge in [0.1, 0.15) is 5.01 Å². The van der Waals surface area contributed by atoms with Gasteiger partial charge in [-0.25, -0.2) is 9.78 Å². The molecule has 0 aliphatic heterocycles. The van der Waals surface area contributed by atoms with Crippen LogP contribution in [0.25, 0.3) is 0 Å². The smallest absolute Gasteiger partial charge is 0.332 e. The van der Waals surface area contributed by atoms with Gasteiger partial charge in [-0.2, -0.15) is 0 Å². The van der Waals surface area contributed by atoms with E-state index in [1.54, 1.807) is 6.20 Å². The maximum absolute atomic E-state index is 11.9. The molecule has 2 unspecified atom stereocenters. The predicted molar refractivity (Wildman–Crippen MR) is 64.4 cm³/mol. The molecule has 5 heteroatoms. The molecule has 0 radical (unpaired) electrons. The third-order valence-electron chi connectivity index (χ3n) is 2.60. The molecule has 0 aliphatic carbocycles. The van der Waals surface area contributed by atoms with Crippen LogP contribution in [0.5, 0.6) is 0 Å². The lowest BCUT2D eigenvalue weighted by Gasteiger charge is -2.29. The van der Waals surface area contributed by atoms with E-state index in [-0.39, 0.29) is 12.0 Å². The molecule has 1 aromatic rings. The maximum atomic E-state index is 11.9. The zero-order valence-corrected chi connectivity index (χ0v) is 10.9. The first-order valence-corrected chi connectivity index (χ1v) is 6.18. The Morgan fingerprint density at radius 1 is 1.75 bits per heavy atom. The van der Waals surface area contributed by atoms with E-state index in [4.69, 9.17) is 4.74 Å². The van der Waals surface area contributed by atoms with E-state index in [9.17, 15) is 4.79 Å². The monoisotopic (exact) mass is 242 g/mol. The molecule has 16 heavy (non-hydrogen) atoms. The summed E-state index contributed by atoms with van der Waals surface area (Å²) in [5.74, 6) is -0.303. The standard InChI is InChI=1S/C11H18N2O2S/c1-5-8(2)13-11(3,10(14)15-4)9-12-6-7-16-9/h6-8,13H,5H2,1-4H3. The van der Waals surface area contributed by atoms with Crippen molar-refractivity contribution in [2.24, 2.45) is 0 Å². The lowest BCUT2D eigenvalue weighted by molar-refractivity contribution is -0.148. The van der Waals surface area contributed by atoms with Gasteiger partial charge >= 0.3 is 5.97 Å². The second-order valence-electron chi connectivity index (χ2n) is 3.91. The number of methoxy groups -OCH3 is 1. The Labute approximate surface area is 100 Å². The summed E-state index contributed by atoms with van der Waals surface area (Å²) in [4.78, 5) is 16.1. The number of carbonyl (C=O) groups excluding carboxylic acids is 1. The molecule has 1 rings (SSSR count). The Morgan fingerprint density at radius 2 is 2.44 bits per heavy atom. The minimum absolute atomic E-state index is 0.230. The van der Waals surface area contributed by atoms with Gasteiger partial charge in [0, 0.05) is 17.6 Å². The molecule has 0 spiro atoms. The first-order valence-electron chi connectivity index (χ1n) is 5.30. The van der Waals surface area contributed by atoms with E-state index in [2.05, 4.69) is 17.2 Å². The second-order valence-corrected chi connectivity index (χ2v) is 4.80. The van der Waals surface area contributed by atoms with Crippen LogP contribution in [0.4, 0.5) is 0 Å². The number of thiazole rings is 1. The highest BCUT2D eigenvalue weighted by molar-refractivity contribution is 7.09. The van der Waals surface area contributed by atoms with E-state index in [1.165, 1.54) is 18.4 Å². The maximum Gasteiger partial charge on any atom is 0.332 e. The number of carbonyl (C=O) groups is 1. The lowest BCUT2D eigenvalue weighted by atomic mass is 10.0. The Kier molecular flexibility index (Phi) is 4.44. The topological polar surface area (TPSA) is 51.2 Å². The first kappa shape index (κ1) is 13.1. The van der Waals surface area contributed by atoms with Crippen LogP contribution in [0.2, 0.25) is 0 Å². The van der Waals surface area contributed by atoms with Gasteiger partial charge in [0.25, 0.3) is 0 Å². The molecule has 0 aromatic carbocycles. The number of nitrogens with zero attached hydrogens (tertiary/aromatic N) is 1. The second kappa shape index (κ2) is 5.41. The van der Waals surface area contributed by atoms with Gasteiger partial charge in [0.15, 0.2) is 5.54 Å². The summed E-state index contributed by atoms with van der Waals surface area (Å²) in [7, 11) is 1.40. The molecule has 0 aliphatic rings. The summed E-state index contributed by atoms with van der Waals surface area (Å²) < 4.78 is 4.85. The van der Waals surface area contributed by atoms with Crippen molar-refractivity contribution in [1.29, 1.82) is 0 Å². The zero-order chi connectivity index (χ0) is 12.2. The molecule has 1 aromatic heterocycles. The molecule has 0 amide bonds. The normalized spacial score (nSPS) is 16.5. The summed E-state index contributed by atoms with van der Waals surface area (Å²) in [6, 6.07) is 0.230. The average Bonchev–Trinajstić information content (AvgIpc) is 2.81. The summed E-state index contributed by atoms with van der Waals surface area (Å²) in [6.07, 6.45) is 2.64. The van der Waals surface area contributed by atoms with Crippen molar-refractivity contribution in [3.63, 3.8) is 0 Å². The van der Waals surface area contributed by atoms with Crippen molar-refractivity contribution in [1.82, 2.24) is 10.3 Å². The third-order valence-corrected chi connectivity index (χ3v) is 3.60. The van der Waals surface area contributed by atoms with Gasteiger partial charge in [-0.05, 0) is 20.3 Å². The van der Waals surface area contributed by atoms with Crippen LogP contribution in [-0.2, 0) is 15.1 Å². The molecule has 90 valence electrons. The molecular formula is C11H18N2O2S. The van der Waals surface area contributed by atoms with Crippen LogP contribution in [0.1, 0.15) is 32.2 Å². The van der Waals surface area contributed by atoms with Crippen molar-refractivity contribution in [3.8, 4) is 0 Å². The van der Waals surface area contributed by atoms with Crippen LogP contribution in [0.15, 0.2) is 11.6 Å². The fourth-order valence-corrected chi connectivity index (χ4v) is 2.23. The van der Waals surface area contributed by atoms with Crippen LogP contribution < -0.4 is 5.32 Å². The Bertz CT molecular complexity index is 340. The molecule has 0 fully saturated rings. The zero-order valence-electron chi connectivity index (χ0n) is 10.1. The number of hydrogen-bond acceptors (Lipinski definition) is 5. The fraction of sp³-hybridized carbons (Fsp3) is 0.636. The first-order chi connectivity index (χ1) is 7.54. The summed E-state index contributed by atoms with van der Waals surface area (Å²) in [6.45, 7) is 5.91. The quantitative estimate of drug-likeness (QED) is 0.801. The molecule has 1 N–H and O–H groups in total. The van der Waals surface area contributed by atoms with Crippen molar-refractivity contribution in [2.45, 2.75) is 38.8 Å². The van der Waals surface area contributed by atoms with Gasteiger partial charge in [-0.1, -0.05) is 6.92 Å². The predicted octanol–water partition coefficient (Wildman–Crippen LogP) is 1.92. The molecule has 4 nitrogen and oxygen atoms in total. The number of rotatable bonds is 5. The van der Waals surface area contributed by atoms with E-state index < -0.39 is 5.54 Å². The SMILES string of the molecule is CCC(C)NC(C)(C(=O)OC)c1nccs1. The number of aromatic nitrogens is 1. The van der Waals surface area contributed by atoms with E-state index in [0.717, 1.165) is 11.4 Å². The van der Waals surface area contributed by atoms with Crippen LogP contribution >= 0.6 is 11.3 Å². The van der Waals surface area contributed by atoms with Crippen molar-refractivity contribution >= 4 is 17.3 Å². The van der Waals surface area contributed by atoms with Gasteiger partial charge in [0.2, 0.25) is 0 Å². The van der Waals surface area contributed by atoms with Crippen molar-refractivity contribution in [3.05, 3.63) is 16.6 Å². The van der Waals surface area contributed by atoms with Gasteiger partial charge < -0.3 is 4.74 Å². The minimum Gasteiger partial charge on any atom is -0.467 e. The Balaban J connectivity index is 2.98. The highest BCUT2D eigenvalue weighted by Crippen LogP contribution is 2.25. The Hall–Kier alpha value is -0.940. The lowest BCUT2D eigenvalue weighted by Crippen LogP contribution is -2.50. The largest absolute Gasteiger partial charge is 0.467 e. The minimum atomic E-state index is -0.849. The molecular weight excluding hydrogens is 224 g/mol. The van der Waals surface area contributed by atoms with E-state index in [1.807, 2.05) is 19.2 Å². The number of nitrogens with one attached hydrogen (secondary N) is 1. The molecule has 0 saturated heterocycles. The number of hydrogen-bond donors (Lipinski definition) is 1. The number of esters is 1. The van der Waals surface area contributed by atoms with Crippen LogP contribution in [0.3, 0.4) is 0 Å². The van der Waals surface area contributed by atoms with Crippen molar-refractivity contribution in [2.75, 3.05) is 7.11 Å². The molecule has 2 atom stereocenters. The summed E-state index contributed by atoms with van der Waals surface area (Å²) in [5, 5.41) is 5.86. The van der Waals surface area contributed by atoms with Gasteiger partial charge in [0.05, 0.1) is 7.11 Å². The van der Waals surface area contributed by atoms with E-state index in [0.29, 0.717) is 0 Å². The third kappa shape index (κ3) is 2.59. The van der Waals surface area contributed by atoms with Gasteiger partial charge in [-0.15, -0.1) is 11.3 Å².